The summed E-state index contributed by atoms with van der Waals surface area (Å²) in [7, 11) is 0. The zero-order valence-corrected chi connectivity index (χ0v) is 17.6. The van der Waals surface area contributed by atoms with Crippen LogP contribution < -0.4 is 10.6 Å². The minimum atomic E-state index is -0.827. The van der Waals surface area contributed by atoms with Crippen LogP contribution in [-0.4, -0.2) is 22.8 Å². The fourth-order valence-corrected chi connectivity index (χ4v) is 3.00. The van der Waals surface area contributed by atoms with Crippen molar-refractivity contribution in [1.29, 1.82) is 0 Å². The summed E-state index contributed by atoms with van der Waals surface area (Å²) < 4.78 is 0. The Bertz CT molecular complexity index is 916. The van der Waals surface area contributed by atoms with Crippen LogP contribution in [0.5, 0.6) is 0 Å². The standard InChI is InChI=1S/C20H21Cl2N3O4/c1-11(2)18(20(27)23-12(3)13-4-7-15(21)8-5-13)24-19(26)14-6-9-16(22)17(10-14)25(28)29/h4-12,18H,1-3H3,(H,23,27)(H,24,26). The maximum atomic E-state index is 12.8. The number of benzene rings is 2. The lowest BCUT2D eigenvalue weighted by Crippen LogP contribution is -2.50. The molecule has 0 aromatic heterocycles. The molecule has 2 aromatic carbocycles. The SMILES string of the molecule is CC(NC(=O)C(NC(=O)c1ccc(Cl)c([N+](=O)[O-])c1)C(C)C)c1ccc(Cl)cc1. The minimum Gasteiger partial charge on any atom is -0.348 e. The predicted molar refractivity (Wildman–Crippen MR) is 112 cm³/mol. The van der Waals surface area contributed by atoms with Gasteiger partial charge >= 0.3 is 0 Å². The lowest BCUT2D eigenvalue weighted by atomic mass is 10.0. The summed E-state index contributed by atoms with van der Waals surface area (Å²) in [6.45, 7) is 5.41. The second-order valence-corrected chi connectivity index (χ2v) is 7.74. The van der Waals surface area contributed by atoms with Crippen LogP contribution in [0.4, 0.5) is 5.69 Å². The van der Waals surface area contributed by atoms with Gasteiger partial charge in [0.25, 0.3) is 11.6 Å². The van der Waals surface area contributed by atoms with Crippen LogP contribution in [0, 0.1) is 16.0 Å². The Kier molecular flexibility index (Phi) is 7.59. The van der Waals surface area contributed by atoms with Crippen molar-refractivity contribution in [1.82, 2.24) is 10.6 Å². The Morgan fingerprint density at radius 2 is 1.62 bits per heavy atom. The highest BCUT2D eigenvalue weighted by Gasteiger charge is 2.27. The van der Waals surface area contributed by atoms with Crippen molar-refractivity contribution < 1.29 is 14.5 Å². The smallest absolute Gasteiger partial charge is 0.288 e. The van der Waals surface area contributed by atoms with Gasteiger partial charge in [-0.05, 0) is 42.7 Å². The van der Waals surface area contributed by atoms with Gasteiger partial charge in [0.15, 0.2) is 0 Å². The lowest BCUT2D eigenvalue weighted by Gasteiger charge is -2.24. The number of carbonyl (C=O) groups excluding carboxylic acids is 2. The first-order chi connectivity index (χ1) is 13.6. The van der Waals surface area contributed by atoms with Gasteiger partial charge in [-0.1, -0.05) is 49.2 Å². The fourth-order valence-electron chi connectivity index (χ4n) is 2.69. The Morgan fingerprint density at radius 1 is 1.00 bits per heavy atom. The van der Waals surface area contributed by atoms with Gasteiger partial charge in [0.1, 0.15) is 11.1 Å². The molecule has 29 heavy (non-hydrogen) atoms. The molecule has 2 N–H and O–H groups in total. The zero-order chi connectivity index (χ0) is 21.7. The number of carbonyl (C=O) groups is 2. The highest BCUT2D eigenvalue weighted by Crippen LogP contribution is 2.25. The molecule has 0 heterocycles. The number of hydrogen-bond acceptors (Lipinski definition) is 4. The van der Waals surface area contributed by atoms with Gasteiger partial charge in [0.05, 0.1) is 11.0 Å². The Labute approximate surface area is 178 Å². The molecule has 0 aliphatic heterocycles. The van der Waals surface area contributed by atoms with E-state index in [4.69, 9.17) is 23.2 Å². The average Bonchev–Trinajstić information content (AvgIpc) is 2.66. The topological polar surface area (TPSA) is 101 Å². The van der Waals surface area contributed by atoms with Crippen LogP contribution >= 0.6 is 23.2 Å². The third-order valence-electron chi connectivity index (χ3n) is 4.37. The summed E-state index contributed by atoms with van der Waals surface area (Å²) in [6, 6.07) is 9.69. The highest BCUT2D eigenvalue weighted by molar-refractivity contribution is 6.32. The summed E-state index contributed by atoms with van der Waals surface area (Å²) in [5.41, 5.74) is 0.538. The minimum absolute atomic E-state index is 0.0466. The van der Waals surface area contributed by atoms with Crippen LogP contribution in [0.25, 0.3) is 0 Å². The zero-order valence-electron chi connectivity index (χ0n) is 16.1. The van der Waals surface area contributed by atoms with Gasteiger partial charge in [-0.3, -0.25) is 19.7 Å². The Hall–Kier alpha value is -2.64. The van der Waals surface area contributed by atoms with Crippen molar-refractivity contribution in [3.8, 4) is 0 Å². The van der Waals surface area contributed by atoms with E-state index < -0.39 is 16.9 Å². The monoisotopic (exact) mass is 437 g/mol. The van der Waals surface area contributed by atoms with E-state index in [0.717, 1.165) is 11.6 Å². The maximum Gasteiger partial charge on any atom is 0.288 e. The Morgan fingerprint density at radius 3 is 2.17 bits per heavy atom. The van der Waals surface area contributed by atoms with Gasteiger partial charge in [0, 0.05) is 16.7 Å². The summed E-state index contributed by atoms with van der Waals surface area (Å²) >= 11 is 11.7. The van der Waals surface area contributed by atoms with E-state index >= 15 is 0 Å². The van der Waals surface area contributed by atoms with E-state index in [1.165, 1.54) is 12.1 Å². The highest BCUT2D eigenvalue weighted by atomic mass is 35.5. The third-order valence-corrected chi connectivity index (χ3v) is 4.94. The van der Waals surface area contributed by atoms with Crippen molar-refractivity contribution in [2.24, 2.45) is 5.92 Å². The number of nitro benzene ring substituents is 1. The van der Waals surface area contributed by atoms with E-state index in [2.05, 4.69) is 10.6 Å². The molecule has 0 radical (unpaired) electrons. The lowest BCUT2D eigenvalue weighted by molar-refractivity contribution is -0.384. The van der Waals surface area contributed by atoms with Gasteiger partial charge in [0.2, 0.25) is 5.91 Å². The number of nitrogens with one attached hydrogen (secondary N) is 2. The summed E-state index contributed by atoms with van der Waals surface area (Å²) in [5, 5.41) is 17.1. The largest absolute Gasteiger partial charge is 0.348 e. The summed E-state index contributed by atoms with van der Waals surface area (Å²) in [4.78, 5) is 35.7. The number of hydrogen-bond donors (Lipinski definition) is 2. The van der Waals surface area contributed by atoms with E-state index in [0.29, 0.717) is 5.02 Å². The number of nitro groups is 1. The molecule has 0 bridgehead atoms. The first kappa shape index (κ1) is 22.6. The van der Waals surface area contributed by atoms with E-state index in [1.807, 2.05) is 19.1 Å². The van der Waals surface area contributed by atoms with Crippen molar-refractivity contribution in [2.45, 2.75) is 32.9 Å². The number of rotatable bonds is 7. The van der Waals surface area contributed by atoms with Gasteiger partial charge < -0.3 is 10.6 Å². The molecule has 7 nitrogen and oxygen atoms in total. The van der Waals surface area contributed by atoms with Crippen molar-refractivity contribution in [3.63, 3.8) is 0 Å². The fraction of sp³-hybridized carbons (Fsp3) is 0.300. The molecule has 0 aliphatic carbocycles. The van der Waals surface area contributed by atoms with Crippen LogP contribution in [0.2, 0.25) is 10.0 Å². The van der Waals surface area contributed by atoms with Gasteiger partial charge in [-0.15, -0.1) is 0 Å². The molecule has 0 saturated heterocycles. The van der Waals surface area contributed by atoms with Crippen molar-refractivity contribution in [3.05, 3.63) is 73.8 Å². The third kappa shape index (κ3) is 5.92. The van der Waals surface area contributed by atoms with Crippen LogP contribution in [-0.2, 0) is 4.79 Å². The first-order valence-corrected chi connectivity index (χ1v) is 9.66. The van der Waals surface area contributed by atoms with E-state index in [9.17, 15) is 19.7 Å². The Balaban J connectivity index is 2.13. The molecule has 0 spiro atoms. The summed E-state index contributed by atoms with van der Waals surface area (Å²) in [6.07, 6.45) is 0. The normalized spacial score (nSPS) is 12.9. The van der Waals surface area contributed by atoms with Crippen molar-refractivity contribution in [2.75, 3.05) is 0 Å². The van der Waals surface area contributed by atoms with Crippen LogP contribution in [0.1, 0.15) is 42.7 Å². The molecule has 0 fully saturated rings. The molecule has 2 atom stereocenters. The second-order valence-electron chi connectivity index (χ2n) is 6.90. The molecule has 2 amide bonds. The first-order valence-electron chi connectivity index (χ1n) is 8.90. The number of amides is 2. The van der Waals surface area contributed by atoms with E-state index in [-0.39, 0.29) is 34.1 Å². The molecule has 2 aromatic rings. The molecular weight excluding hydrogens is 417 g/mol. The van der Waals surface area contributed by atoms with Crippen LogP contribution in [0.15, 0.2) is 42.5 Å². The number of halogens is 2. The molecular formula is C20H21Cl2N3O4. The molecule has 0 saturated carbocycles. The molecule has 9 heteroatoms. The van der Waals surface area contributed by atoms with Crippen LogP contribution in [0.3, 0.4) is 0 Å². The molecule has 0 aliphatic rings. The molecule has 154 valence electrons. The molecule has 2 unspecified atom stereocenters. The predicted octanol–water partition coefficient (Wildman–Crippen LogP) is 4.53. The summed E-state index contributed by atoms with van der Waals surface area (Å²) in [5.74, 6) is -1.17. The number of nitrogens with zero attached hydrogens (tertiary/aromatic N) is 1. The van der Waals surface area contributed by atoms with Crippen molar-refractivity contribution >= 4 is 40.7 Å². The second kappa shape index (κ2) is 9.71. The van der Waals surface area contributed by atoms with Gasteiger partial charge in [-0.25, -0.2) is 0 Å². The van der Waals surface area contributed by atoms with E-state index in [1.54, 1.807) is 26.0 Å². The quantitative estimate of drug-likeness (QED) is 0.490. The maximum absolute atomic E-state index is 12.8. The molecule has 2 rings (SSSR count). The average molecular weight is 438 g/mol. The van der Waals surface area contributed by atoms with Gasteiger partial charge in [-0.2, -0.15) is 0 Å².